The zero-order chi connectivity index (χ0) is 12.7. The molecule has 0 aliphatic rings. The second kappa shape index (κ2) is 8.27. The first-order valence-electron chi connectivity index (χ1n) is 6.00. The number of unbranched alkanes of at least 4 members (excludes halogenated alkanes) is 1. The Morgan fingerprint density at radius 1 is 1.11 bits per heavy atom. The summed E-state index contributed by atoms with van der Waals surface area (Å²) in [5.74, 6) is 0.834. The number of benzene rings is 1. The first kappa shape index (κ1) is 17.1. The van der Waals surface area contributed by atoms with Crippen LogP contribution in [0.25, 0.3) is 0 Å². The van der Waals surface area contributed by atoms with Crippen molar-refractivity contribution < 1.29 is 31.0 Å². The van der Waals surface area contributed by atoms with Crippen LogP contribution < -0.4 is 21.7 Å². The summed E-state index contributed by atoms with van der Waals surface area (Å²) < 4.78 is 6.59. The first-order valence-corrected chi connectivity index (χ1v) is 6.00. The van der Waals surface area contributed by atoms with E-state index in [1.54, 1.807) is 12.1 Å². The van der Waals surface area contributed by atoms with Gasteiger partial charge in [0, 0.05) is 5.56 Å². The number of ether oxygens (including phenoxy) is 1. The van der Waals surface area contributed by atoms with Crippen LogP contribution >= 0.6 is 0 Å². The van der Waals surface area contributed by atoms with Gasteiger partial charge in [0.2, 0.25) is 0 Å². The van der Waals surface area contributed by atoms with Gasteiger partial charge in [-0.3, -0.25) is 4.79 Å². The predicted molar refractivity (Wildman–Crippen MR) is 69.5 cm³/mol. The van der Waals surface area contributed by atoms with Gasteiger partial charge in [0.25, 0.3) is 0 Å². The van der Waals surface area contributed by atoms with E-state index in [1.165, 1.54) is 0 Å². The lowest BCUT2D eigenvalue weighted by molar-refractivity contribution is -0.870. The molecule has 0 aliphatic carbocycles. The normalized spacial score (nSPS) is 10.6. The second-order valence-corrected chi connectivity index (χ2v) is 5.26. The van der Waals surface area contributed by atoms with Gasteiger partial charge in [0.1, 0.15) is 12.0 Å². The monoisotopic (exact) mass is 315 g/mol. The van der Waals surface area contributed by atoms with Crippen LogP contribution in [0.2, 0.25) is 0 Å². The van der Waals surface area contributed by atoms with Gasteiger partial charge in [-0.15, -0.1) is 0 Å². The zero-order valence-electron chi connectivity index (χ0n) is 11.4. The minimum absolute atomic E-state index is 0. The fourth-order valence-corrected chi connectivity index (χ4v) is 1.52. The fraction of sp³-hybridized carbons (Fsp3) is 0.500. The third-order valence-electron chi connectivity index (χ3n) is 2.51. The van der Waals surface area contributed by atoms with Crippen LogP contribution in [0.1, 0.15) is 23.2 Å². The van der Waals surface area contributed by atoms with Crippen molar-refractivity contribution in [2.24, 2.45) is 0 Å². The highest BCUT2D eigenvalue weighted by Gasteiger charge is 2.05. The molecular formula is C14H22BrNO2. The Balaban J connectivity index is 0.00000289. The molecule has 0 radical (unpaired) electrons. The number of hydrogen-bond acceptors (Lipinski definition) is 2. The van der Waals surface area contributed by atoms with Gasteiger partial charge in [-0.1, -0.05) is 0 Å². The highest BCUT2D eigenvalue weighted by atomic mass is 79.9. The van der Waals surface area contributed by atoms with Gasteiger partial charge in [-0.2, -0.15) is 0 Å². The molecule has 4 heteroatoms. The van der Waals surface area contributed by atoms with Crippen molar-refractivity contribution in [1.29, 1.82) is 0 Å². The molecule has 0 N–H and O–H groups in total. The molecule has 0 saturated heterocycles. The molecule has 3 nitrogen and oxygen atoms in total. The molecule has 18 heavy (non-hydrogen) atoms. The van der Waals surface area contributed by atoms with Crippen molar-refractivity contribution in [3.05, 3.63) is 29.8 Å². The van der Waals surface area contributed by atoms with E-state index in [2.05, 4.69) is 21.1 Å². The van der Waals surface area contributed by atoms with Gasteiger partial charge >= 0.3 is 0 Å². The molecule has 1 rings (SSSR count). The number of carbonyl (C=O) groups is 1. The largest absolute Gasteiger partial charge is 1.00 e. The smallest absolute Gasteiger partial charge is 0.150 e. The minimum atomic E-state index is 0. The Hall–Kier alpha value is -0.870. The molecule has 0 amide bonds. The van der Waals surface area contributed by atoms with E-state index < -0.39 is 0 Å². The van der Waals surface area contributed by atoms with Crippen LogP contribution in [0.15, 0.2) is 24.3 Å². The molecule has 0 atom stereocenters. The van der Waals surface area contributed by atoms with Crippen molar-refractivity contribution in [1.82, 2.24) is 0 Å². The lowest BCUT2D eigenvalue weighted by Crippen LogP contribution is -3.00. The molecule has 0 aromatic heterocycles. The number of halogens is 1. The molecule has 102 valence electrons. The molecule has 1 aromatic rings. The summed E-state index contributed by atoms with van der Waals surface area (Å²) in [5.41, 5.74) is 0.683. The zero-order valence-corrected chi connectivity index (χ0v) is 12.9. The average molecular weight is 316 g/mol. The molecular weight excluding hydrogens is 294 g/mol. The van der Waals surface area contributed by atoms with Crippen molar-refractivity contribution >= 4 is 6.29 Å². The fourth-order valence-electron chi connectivity index (χ4n) is 1.52. The first-order chi connectivity index (χ1) is 8.01. The van der Waals surface area contributed by atoms with Gasteiger partial charge in [-0.05, 0) is 37.1 Å². The SMILES string of the molecule is C[N+](C)(C)CCCCOc1ccc(C=O)cc1.[Br-]. The Morgan fingerprint density at radius 3 is 2.22 bits per heavy atom. The number of carbonyl (C=O) groups excluding carboxylic acids is 1. The van der Waals surface area contributed by atoms with E-state index in [9.17, 15) is 4.79 Å². The number of rotatable bonds is 7. The van der Waals surface area contributed by atoms with E-state index >= 15 is 0 Å². The van der Waals surface area contributed by atoms with Crippen molar-refractivity contribution in [3.8, 4) is 5.75 Å². The number of quaternary nitrogens is 1. The molecule has 0 saturated carbocycles. The second-order valence-electron chi connectivity index (χ2n) is 5.26. The summed E-state index contributed by atoms with van der Waals surface area (Å²) in [7, 11) is 6.58. The molecule has 0 unspecified atom stereocenters. The van der Waals surface area contributed by atoms with Crippen LogP contribution in [-0.4, -0.2) is 45.1 Å². The van der Waals surface area contributed by atoms with Crippen LogP contribution in [0.3, 0.4) is 0 Å². The van der Waals surface area contributed by atoms with Gasteiger partial charge in [0.05, 0.1) is 34.3 Å². The van der Waals surface area contributed by atoms with E-state index in [1.807, 2.05) is 12.1 Å². The number of aldehydes is 1. The summed E-state index contributed by atoms with van der Waals surface area (Å²) in [6, 6.07) is 7.22. The summed E-state index contributed by atoms with van der Waals surface area (Å²) in [5, 5.41) is 0. The Kier molecular flexibility index (Phi) is 7.87. The summed E-state index contributed by atoms with van der Waals surface area (Å²) in [4.78, 5) is 10.5. The topological polar surface area (TPSA) is 26.3 Å². The van der Waals surface area contributed by atoms with Crippen LogP contribution in [0, 0.1) is 0 Å². The molecule has 1 aromatic carbocycles. The molecule has 0 aliphatic heterocycles. The summed E-state index contributed by atoms with van der Waals surface area (Å²) in [6.07, 6.45) is 3.06. The van der Waals surface area contributed by atoms with Crippen LogP contribution in [0.4, 0.5) is 0 Å². The predicted octanol–water partition coefficient (Wildman–Crippen LogP) is -0.632. The van der Waals surface area contributed by atoms with E-state index in [0.29, 0.717) is 5.56 Å². The maximum atomic E-state index is 10.5. The lowest BCUT2D eigenvalue weighted by Gasteiger charge is -2.23. The van der Waals surface area contributed by atoms with Gasteiger partial charge in [0.15, 0.2) is 0 Å². The maximum Gasteiger partial charge on any atom is 0.150 e. The average Bonchev–Trinajstić information content (AvgIpc) is 2.28. The Morgan fingerprint density at radius 2 is 1.72 bits per heavy atom. The van der Waals surface area contributed by atoms with E-state index in [4.69, 9.17) is 4.74 Å². The van der Waals surface area contributed by atoms with Crippen LogP contribution in [-0.2, 0) is 0 Å². The summed E-state index contributed by atoms with van der Waals surface area (Å²) in [6.45, 7) is 1.90. The Bertz CT molecular complexity index is 344. The third kappa shape index (κ3) is 7.45. The highest BCUT2D eigenvalue weighted by molar-refractivity contribution is 5.74. The van der Waals surface area contributed by atoms with Crippen molar-refractivity contribution in [2.45, 2.75) is 12.8 Å². The standard InChI is InChI=1S/C14H22NO2.BrH/c1-15(2,3)10-4-5-11-17-14-8-6-13(12-16)7-9-14;/h6-9,12H,4-5,10-11H2,1-3H3;1H/q+1;/p-1. The molecule has 0 fully saturated rings. The lowest BCUT2D eigenvalue weighted by atomic mass is 10.2. The van der Waals surface area contributed by atoms with Gasteiger partial charge < -0.3 is 26.2 Å². The van der Waals surface area contributed by atoms with E-state index in [-0.39, 0.29) is 17.0 Å². The molecule has 0 spiro atoms. The summed E-state index contributed by atoms with van der Waals surface area (Å²) >= 11 is 0. The minimum Gasteiger partial charge on any atom is -1.00 e. The Labute approximate surface area is 120 Å². The quantitative estimate of drug-likeness (QED) is 0.380. The van der Waals surface area contributed by atoms with Crippen molar-refractivity contribution in [3.63, 3.8) is 0 Å². The highest BCUT2D eigenvalue weighted by Crippen LogP contribution is 2.11. The van der Waals surface area contributed by atoms with Crippen LogP contribution in [0.5, 0.6) is 5.75 Å². The van der Waals surface area contributed by atoms with Gasteiger partial charge in [-0.25, -0.2) is 0 Å². The number of hydrogen-bond donors (Lipinski definition) is 0. The molecule has 0 heterocycles. The number of nitrogens with zero attached hydrogens (tertiary/aromatic N) is 1. The third-order valence-corrected chi connectivity index (χ3v) is 2.51. The molecule has 0 bridgehead atoms. The van der Waals surface area contributed by atoms with Crippen molar-refractivity contribution in [2.75, 3.05) is 34.3 Å². The maximum absolute atomic E-state index is 10.5. The van der Waals surface area contributed by atoms with E-state index in [0.717, 1.165) is 42.5 Å².